The Morgan fingerprint density at radius 3 is 2.81 bits per heavy atom. The molecule has 1 aromatic rings. The van der Waals surface area contributed by atoms with Crippen molar-refractivity contribution < 1.29 is 14.6 Å². The van der Waals surface area contributed by atoms with Crippen molar-refractivity contribution in [3.63, 3.8) is 0 Å². The summed E-state index contributed by atoms with van der Waals surface area (Å²) < 4.78 is 5.66. The number of ether oxygens (including phenoxy) is 1. The van der Waals surface area contributed by atoms with Gasteiger partial charge in [-0.1, -0.05) is 34.1 Å². The van der Waals surface area contributed by atoms with Crippen LogP contribution in [0.3, 0.4) is 0 Å². The zero-order valence-electron chi connectivity index (χ0n) is 8.94. The van der Waals surface area contributed by atoms with Crippen molar-refractivity contribution in [2.45, 2.75) is 6.04 Å². The van der Waals surface area contributed by atoms with Gasteiger partial charge in [0.1, 0.15) is 6.04 Å². The minimum absolute atomic E-state index is 0.480. The Labute approximate surface area is 103 Å². The van der Waals surface area contributed by atoms with E-state index in [1.54, 1.807) is 13.2 Å². The van der Waals surface area contributed by atoms with Crippen LogP contribution in [0.4, 0.5) is 0 Å². The number of aliphatic carboxylic acids is 1. The fraction of sp³-hybridized carbons (Fsp3) is 0.364. The van der Waals surface area contributed by atoms with Crippen LogP contribution in [-0.4, -0.2) is 31.3 Å². The lowest BCUT2D eigenvalue weighted by atomic mass is 10.1. The average molecular weight is 288 g/mol. The molecule has 88 valence electrons. The number of carboxylic acid groups (broad SMARTS) is 1. The number of rotatable bonds is 6. The molecule has 5 heteroatoms. The first-order valence-corrected chi connectivity index (χ1v) is 5.65. The molecule has 1 atom stereocenters. The standard InChI is InChI=1S/C11H14BrNO3/c1-16-7-6-13-10(11(14)15)8-4-2-3-5-9(8)12/h2-5,10,13H,6-7H2,1H3,(H,14,15)/t10-/m0/s1. The van der Waals surface area contributed by atoms with E-state index >= 15 is 0 Å². The molecule has 0 aliphatic carbocycles. The van der Waals surface area contributed by atoms with Crippen LogP contribution in [0, 0.1) is 0 Å². The van der Waals surface area contributed by atoms with Crippen molar-refractivity contribution in [3.8, 4) is 0 Å². The summed E-state index contributed by atoms with van der Waals surface area (Å²) in [5.74, 6) is -0.900. The van der Waals surface area contributed by atoms with Crippen LogP contribution in [0.1, 0.15) is 11.6 Å². The second-order valence-corrected chi connectivity index (χ2v) is 4.09. The lowest BCUT2D eigenvalue weighted by Gasteiger charge is -2.15. The molecule has 0 amide bonds. The SMILES string of the molecule is COCCN[C@H](C(=O)O)c1ccccc1Br. The van der Waals surface area contributed by atoms with Gasteiger partial charge in [0.25, 0.3) is 0 Å². The molecule has 0 saturated carbocycles. The number of carbonyl (C=O) groups is 1. The number of benzene rings is 1. The molecule has 1 aromatic carbocycles. The number of hydrogen-bond donors (Lipinski definition) is 2. The fourth-order valence-corrected chi connectivity index (χ4v) is 1.86. The first-order valence-electron chi connectivity index (χ1n) is 4.86. The van der Waals surface area contributed by atoms with Crippen LogP contribution >= 0.6 is 15.9 Å². The van der Waals surface area contributed by atoms with Gasteiger partial charge in [-0.25, -0.2) is 0 Å². The Kier molecular flexibility index (Phi) is 5.45. The van der Waals surface area contributed by atoms with E-state index in [2.05, 4.69) is 21.2 Å². The number of halogens is 1. The van der Waals surface area contributed by atoms with Crippen molar-refractivity contribution in [2.75, 3.05) is 20.3 Å². The molecule has 2 N–H and O–H groups in total. The maximum absolute atomic E-state index is 11.1. The van der Waals surface area contributed by atoms with E-state index in [9.17, 15) is 4.79 Å². The summed E-state index contributed by atoms with van der Waals surface area (Å²) >= 11 is 3.34. The summed E-state index contributed by atoms with van der Waals surface area (Å²) in [5.41, 5.74) is 0.714. The van der Waals surface area contributed by atoms with Gasteiger partial charge in [0, 0.05) is 18.1 Å². The van der Waals surface area contributed by atoms with Crippen LogP contribution < -0.4 is 5.32 Å². The van der Waals surface area contributed by atoms with E-state index in [1.165, 1.54) is 0 Å². The molecule has 0 fully saturated rings. The van der Waals surface area contributed by atoms with Crippen LogP contribution in [0.25, 0.3) is 0 Å². The number of methoxy groups -OCH3 is 1. The third-order valence-corrected chi connectivity index (χ3v) is 2.84. The zero-order valence-corrected chi connectivity index (χ0v) is 10.5. The van der Waals surface area contributed by atoms with Crippen molar-refractivity contribution in [3.05, 3.63) is 34.3 Å². The van der Waals surface area contributed by atoms with Gasteiger partial charge in [0.15, 0.2) is 0 Å². The first-order chi connectivity index (χ1) is 7.66. The molecule has 0 unspecified atom stereocenters. The summed E-state index contributed by atoms with van der Waals surface area (Å²) in [4.78, 5) is 11.1. The summed E-state index contributed by atoms with van der Waals surface area (Å²) in [6.45, 7) is 0.975. The van der Waals surface area contributed by atoms with E-state index in [4.69, 9.17) is 9.84 Å². The van der Waals surface area contributed by atoms with Crippen LogP contribution in [0.5, 0.6) is 0 Å². The maximum atomic E-state index is 11.1. The average Bonchev–Trinajstić information content (AvgIpc) is 2.25. The summed E-state index contributed by atoms with van der Waals surface area (Å²) in [5, 5.41) is 12.0. The van der Waals surface area contributed by atoms with E-state index in [-0.39, 0.29) is 0 Å². The smallest absolute Gasteiger partial charge is 0.325 e. The molecule has 0 aromatic heterocycles. The Balaban J connectivity index is 2.78. The third kappa shape index (κ3) is 3.59. The van der Waals surface area contributed by atoms with E-state index in [1.807, 2.05) is 18.2 Å². The maximum Gasteiger partial charge on any atom is 0.325 e. The molecule has 4 nitrogen and oxygen atoms in total. The van der Waals surface area contributed by atoms with Crippen molar-refractivity contribution in [1.82, 2.24) is 5.32 Å². The van der Waals surface area contributed by atoms with Crippen LogP contribution in [0.15, 0.2) is 28.7 Å². The predicted octanol–water partition coefficient (Wildman–Crippen LogP) is 1.81. The zero-order chi connectivity index (χ0) is 12.0. The highest BCUT2D eigenvalue weighted by atomic mass is 79.9. The Morgan fingerprint density at radius 2 is 2.25 bits per heavy atom. The number of carboxylic acids is 1. The minimum Gasteiger partial charge on any atom is -0.480 e. The van der Waals surface area contributed by atoms with E-state index in [0.717, 1.165) is 4.47 Å². The third-order valence-electron chi connectivity index (χ3n) is 2.12. The monoisotopic (exact) mass is 287 g/mol. The Morgan fingerprint density at radius 1 is 1.56 bits per heavy atom. The Bertz CT molecular complexity index is 357. The topological polar surface area (TPSA) is 58.6 Å². The van der Waals surface area contributed by atoms with E-state index in [0.29, 0.717) is 18.7 Å². The van der Waals surface area contributed by atoms with Crippen LogP contribution in [-0.2, 0) is 9.53 Å². The normalized spacial score (nSPS) is 12.4. The highest BCUT2D eigenvalue weighted by molar-refractivity contribution is 9.10. The van der Waals surface area contributed by atoms with Gasteiger partial charge in [-0.05, 0) is 11.6 Å². The van der Waals surface area contributed by atoms with Gasteiger partial charge < -0.3 is 9.84 Å². The quantitative estimate of drug-likeness (QED) is 0.784. The number of nitrogens with one attached hydrogen (secondary N) is 1. The lowest BCUT2D eigenvalue weighted by molar-refractivity contribution is -0.139. The molecule has 0 radical (unpaired) electrons. The molecule has 0 bridgehead atoms. The van der Waals surface area contributed by atoms with Gasteiger partial charge in [0.2, 0.25) is 0 Å². The second-order valence-electron chi connectivity index (χ2n) is 3.24. The van der Waals surface area contributed by atoms with Gasteiger partial charge in [-0.15, -0.1) is 0 Å². The van der Waals surface area contributed by atoms with Crippen molar-refractivity contribution >= 4 is 21.9 Å². The lowest BCUT2D eigenvalue weighted by Crippen LogP contribution is -2.31. The summed E-state index contributed by atoms with van der Waals surface area (Å²) in [7, 11) is 1.58. The molecular formula is C11H14BrNO3. The molecule has 1 rings (SSSR count). The molecule has 0 heterocycles. The van der Waals surface area contributed by atoms with Gasteiger partial charge in [-0.2, -0.15) is 0 Å². The molecular weight excluding hydrogens is 274 g/mol. The highest BCUT2D eigenvalue weighted by Gasteiger charge is 2.20. The van der Waals surface area contributed by atoms with E-state index < -0.39 is 12.0 Å². The van der Waals surface area contributed by atoms with Crippen molar-refractivity contribution in [2.24, 2.45) is 0 Å². The molecule has 16 heavy (non-hydrogen) atoms. The number of hydrogen-bond acceptors (Lipinski definition) is 3. The summed E-state index contributed by atoms with van der Waals surface area (Å²) in [6.07, 6.45) is 0. The fourth-order valence-electron chi connectivity index (χ4n) is 1.34. The highest BCUT2D eigenvalue weighted by Crippen LogP contribution is 2.23. The van der Waals surface area contributed by atoms with Crippen LogP contribution in [0.2, 0.25) is 0 Å². The van der Waals surface area contributed by atoms with Crippen molar-refractivity contribution in [1.29, 1.82) is 0 Å². The largest absolute Gasteiger partial charge is 0.480 e. The molecule has 0 saturated heterocycles. The summed E-state index contributed by atoms with van der Waals surface area (Å²) in [6, 6.07) is 6.55. The minimum atomic E-state index is -0.900. The van der Waals surface area contributed by atoms with Gasteiger partial charge in [-0.3, -0.25) is 10.1 Å². The Hall–Kier alpha value is -0.910. The molecule has 0 aliphatic rings. The first kappa shape index (κ1) is 13.2. The predicted molar refractivity (Wildman–Crippen MR) is 64.4 cm³/mol. The molecule has 0 aliphatic heterocycles. The molecule has 0 spiro atoms. The van der Waals surface area contributed by atoms with Gasteiger partial charge >= 0.3 is 5.97 Å². The van der Waals surface area contributed by atoms with Gasteiger partial charge in [0.05, 0.1) is 6.61 Å². The second kappa shape index (κ2) is 6.62.